The van der Waals surface area contributed by atoms with E-state index in [1.165, 1.54) is 11.8 Å². The lowest BCUT2D eigenvalue weighted by Crippen LogP contribution is -2.31. The minimum Gasteiger partial charge on any atom is -0.493 e. The largest absolute Gasteiger partial charge is 0.493 e. The van der Waals surface area contributed by atoms with Gasteiger partial charge in [0.05, 0.1) is 32.2 Å². The number of ether oxygens (including phenoxy) is 2. The first-order valence-electron chi connectivity index (χ1n) is 10.9. The van der Waals surface area contributed by atoms with Crippen LogP contribution in [0.1, 0.15) is 30.9 Å². The number of fused-ring (bicyclic) bond motifs is 1. The summed E-state index contributed by atoms with van der Waals surface area (Å²) in [6, 6.07) is 19.9. The van der Waals surface area contributed by atoms with Crippen LogP contribution in [0.4, 0.5) is 0 Å². The van der Waals surface area contributed by atoms with Crippen molar-refractivity contribution in [1.82, 2.24) is 4.90 Å². The number of carbonyl (C=O) groups excluding carboxylic acids is 1. The quantitative estimate of drug-likeness (QED) is 0.329. The molecule has 33 heavy (non-hydrogen) atoms. The first-order valence-corrected chi connectivity index (χ1v) is 11.8. The van der Waals surface area contributed by atoms with Gasteiger partial charge < -0.3 is 9.47 Å². The van der Waals surface area contributed by atoms with Gasteiger partial charge >= 0.3 is 0 Å². The Morgan fingerprint density at radius 2 is 1.82 bits per heavy atom. The van der Waals surface area contributed by atoms with Crippen molar-refractivity contribution in [2.75, 3.05) is 14.2 Å². The fourth-order valence-electron chi connectivity index (χ4n) is 3.86. The summed E-state index contributed by atoms with van der Waals surface area (Å²) in [5.41, 5.74) is 1.92. The van der Waals surface area contributed by atoms with Gasteiger partial charge in [-0.25, -0.2) is 0 Å². The maximum atomic E-state index is 13.2. The molecule has 1 fully saturated rings. The highest BCUT2D eigenvalue weighted by Gasteiger charge is 2.37. The van der Waals surface area contributed by atoms with Crippen molar-refractivity contribution in [1.29, 1.82) is 0 Å². The van der Waals surface area contributed by atoms with E-state index in [4.69, 9.17) is 9.47 Å². The van der Waals surface area contributed by atoms with Crippen LogP contribution < -0.4 is 9.47 Å². The van der Waals surface area contributed by atoms with Crippen LogP contribution >= 0.6 is 11.8 Å². The van der Waals surface area contributed by atoms with Gasteiger partial charge in [0.15, 0.2) is 16.7 Å². The zero-order valence-electron chi connectivity index (χ0n) is 19.0. The average molecular weight is 462 g/mol. The van der Waals surface area contributed by atoms with Gasteiger partial charge in [0.2, 0.25) is 5.91 Å². The van der Waals surface area contributed by atoms with Gasteiger partial charge in [0.25, 0.3) is 0 Å². The van der Waals surface area contributed by atoms with Gasteiger partial charge in [0, 0.05) is 0 Å². The summed E-state index contributed by atoms with van der Waals surface area (Å²) < 4.78 is 10.6. The van der Waals surface area contributed by atoms with Crippen LogP contribution in [0.25, 0.3) is 10.8 Å². The summed E-state index contributed by atoms with van der Waals surface area (Å²) in [5.74, 6) is 1.37. The summed E-state index contributed by atoms with van der Waals surface area (Å²) in [4.78, 5) is 14.9. The monoisotopic (exact) mass is 461 g/mol. The van der Waals surface area contributed by atoms with Crippen molar-refractivity contribution in [3.05, 3.63) is 71.8 Å². The minimum atomic E-state index is -0.125. The van der Waals surface area contributed by atoms with Crippen LogP contribution in [0.2, 0.25) is 0 Å². The number of hydrogen-bond acceptors (Lipinski definition) is 6. The maximum Gasteiger partial charge on any atom is 0.242 e. The third kappa shape index (κ3) is 5.03. The molecular weight excluding hydrogens is 434 g/mol. The van der Waals surface area contributed by atoms with E-state index in [0.717, 1.165) is 34.7 Å². The Morgan fingerprint density at radius 1 is 1.03 bits per heavy atom. The molecule has 1 atom stereocenters. The first kappa shape index (κ1) is 22.9. The molecule has 0 saturated carbocycles. The molecule has 1 aliphatic heterocycles. The van der Waals surface area contributed by atoms with E-state index in [1.54, 1.807) is 25.3 Å². The number of rotatable bonds is 8. The highest BCUT2D eigenvalue weighted by Crippen LogP contribution is 2.33. The molecule has 0 radical (unpaired) electrons. The fraction of sp³-hybridized carbons (Fsp3) is 0.269. The Balaban J connectivity index is 1.61. The number of benzene rings is 3. The SMILES string of the molecule is CCCC1SC(=NN=Cc2ccc(OC)c(OC)c2)N(Cc2cccc3ccccc23)C1=O. The average Bonchev–Trinajstić information content (AvgIpc) is 3.13. The second-order valence-corrected chi connectivity index (χ2v) is 8.87. The number of hydrogen-bond donors (Lipinski definition) is 0. The first-order chi connectivity index (χ1) is 16.1. The molecule has 0 bridgehead atoms. The summed E-state index contributed by atoms with van der Waals surface area (Å²) >= 11 is 1.49. The molecule has 0 aromatic heterocycles. The van der Waals surface area contributed by atoms with Gasteiger partial charge in [0.1, 0.15) is 0 Å². The Bertz CT molecular complexity index is 1200. The molecule has 1 heterocycles. The van der Waals surface area contributed by atoms with Crippen molar-refractivity contribution in [3.8, 4) is 11.5 Å². The second-order valence-electron chi connectivity index (χ2n) is 7.70. The Morgan fingerprint density at radius 3 is 2.61 bits per heavy atom. The predicted octanol–water partition coefficient (Wildman–Crippen LogP) is 5.49. The molecule has 0 N–H and O–H groups in total. The van der Waals surface area contributed by atoms with Crippen molar-refractivity contribution in [2.24, 2.45) is 10.2 Å². The topological polar surface area (TPSA) is 63.5 Å². The normalized spacial score (nSPS) is 17.4. The van der Waals surface area contributed by atoms with E-state index in [-0.39, 0.29) is 11.2 Å². The molecule has 1 amide bonds. The van der Waals surface area contributed by atoms with E-state index < -0.39 is 0 Å². The van der Waals surface area contributed by atoms with Crippen LogP contribution in [0, 0.1) is 0 Å². The number of carbonyl (C=O) groups is 1. The molecule has 1 aliphatic rings. The molecule has 170 valence electrons. The zero-order valence-corrected chi connectivity index (χ0v) is 19.8. The highest BCUT2D eigenvalue weighted by molar-refractivity contribution is 8.15. The molecule has 7 heteroatoms. The lowest BCUT2D eigenvalue weighted by Gasteiger charge is -2.17. The lowest BCUT2D eigenvalue weighted by atomic mass is 10.0. The fourth-order valence-corrected chi connectivity index (χ4v) is 5.07. The van der Waals surface area contributed by atoms with E-state index in [1.807, 2.05) is 36.4 Å². The second kappa shape index (κ2) is 10.5. The van der Waals surface area contributed by atoms with Crippen molar-refractivity contribution >= 4 is 39.8 Å². The molecule has 0 aliphatic carbocycles. The van der Waals surface area contributed by atoms with Gasteiger partial charge in [-0.2, -0.15) is 5.10 Å². The van der Waals surface area contributed by atoms with Crippen molar-refractivity contribution in [3.63, 3.8) is 0 Å². The van der Waals surface area contributed by atoms with Crippen LogP contribution in [-0.2, 0) is 11.3 Å². The van der Waals surface area contributed by atoms with Crippen LogP contribution in [0.5, 0.6) is 11.5 Å². The van der Waals surface area contributed by atoms with Gasteiger partial charge in [-0.15, -0.1) is 5.10 Å². The van der Waals surface area contributed by atoms with E-state index in [0.29, 0.717) is 23.2 Å². The summed E-state index contributed by atoms with van der Waals surface area (Å²) in [6.07, 6.45) is 3.41. The Kier molecular flexibility index (Phi) is 7.29. The van der Waals surface area contributed by atoms with Crippen molar-refractivity contribution < 1.29 is 14.3 Å². The number of methoxy groups -OCH3 is 2. The van der Waals surface area contributed by atoms with Crippen LogP contribution in [0.15, 0.2) is 70.9 Å². The molecule has 3 aromatic rings. The standard InChI is InChI=1S/C26H27N3O3S/c1-4-8-24-25(30)29(17-20-11-7-10-19-9-5-6-12-21(19)20)26(33-24)28-27-16-18-13-14-22(31-2)23(15-18)32-3/h5-7,9-16,24H,4,8,17H2,1-3H3. The van der Waals surface area contributed by atoms with Crippen molar-refractivity contribution in [2.45, 2.75) is 31.6 Å². The summed E-state index contributed by atoms with van der Waals surface area (Å²) in [6.45, 7) is 2.56. The highest BCUT2D eigenvalue weighted by atomic mass is 32.2. The third-order valence-electron chi connectivity index (χ3n) is 5.54. The number of thioether (sulfide) groups is 1. The lowest BCUT2D eigenvalue weighted by molar-refractivity contribution is -0.126. The van der Waals surface area contributed by atoms with E-state index >= 15 is 0 Å². The maximum absolute atomic E-state index is 13.2. The van der Waals surface area contributed by atoms with E-state index in [9.17, 15) is 4.79 Å². The third-order valence-corrected chi connectivity index (χ3v) is 6.77. The van der Waals surface area contributed by atoms with E-state index in [2.05, 4.69) is 41.4 Å². The molecule has 1 saturated heterocycles. The van der Waals surface area contributed by atoms with Gasteiger partial charge in [-0.05, 0) is 46.5 Å². The van der Waals surface area contributed by atoms with Gasteiger partial charge in [-0.1, -0.05) is 67.6 Å². The smallest absolute Gasteiger partial charge is 0.242 e. The Labute approximate surface area is 198 Å². The molecule has 1 unspecified atom stereocenters. The zero-order chi connectivity index (χ0) is 23.2. The Hall–Kier alpha value is -3.32. The predicted molar refractivity (Wildman–Crippen MR) is 135 cm³/mol. The minimum absolute atomic E-state index is 0.0925. The molecule has 0 spiro atoms. The van der Waals surface area contributed by atoms with Crippen LogP contribution in [-0.4, -0.2) is 41.7 Å². The number of amides is 1. The number of nitrogens with zero attached hydrogens (tertiary/aromatic N) is 3. The summed E-state index contributed by atoms with van der Waals surface area (Å²) in [7, 11) is 3.20. The molecule has 6 nitrogen and oxygen atoms in total. The molecular formula is C26H27N3O3S. The molecule has 3 aromatic carbocycles. The van der Waals surface area contributed by atoms with Crippen LogP contribution in [0.3, 0.4) is 0 Å². The summed E-state index contributed by atoms with van der Waals surface area (Å²) in [5, 5.41) is 11.5. The van der Waals surface area contributed by atoms with Gasteiger partial charge in [-0.3, -0.25) is 9.69 Å². The molecule has 4 rings (SSSR count). The number of amidine groups is 1.